The van der Waals surface area contributed by atoms with Crippen LogP contribution in [0.15, 0.2) is 57.7 Å². The molecule has 3 aromatic carbocycles. The maximum absolute atomic E-state index is 14.6. The standard InChI is InChI=1S/C35H37ClF3NO5/c1-19(2)16-40(17-20(3)4)18-27-28(44-34(42)24-8-10-25(36)11-9-24)13-12-26-30(41)32(33(35(37,38)39)45-31(26)27)43-29-15-21(5)14-22(6)23(29)7/h8-15,19-20H,16-18H2,1-7H3. The summed E-state index contributed by atoms with van der Waals surface area (Å²) in [5.74, 6) is -2.72. The second kappa shape index (κ2) is 13.7. The number of fused-ring (bicyclic) bond motifs is 1. The average molecular weight is 644 g/mol. The molecule has 0 aliphatic rings. The van der Waals surface area contributed by atoms with E-state index in [1.54, 1.807) is 19.9 Å². The number of ether oxygens (including phenoxy) is 2. The van der Waals surface area contributed by atoms with Gasteiger partial charge in [0, 0.05) is 24.7 Å². The molecule has 0 fully saturated rings. The molecule has 6 nitrogen and oxygen atoms in total. The molecule has 1 heterocycles. The van der Waals surface area contributed by atoms with E-state index < -0.39 is 29.1 Å². The molecule has 1 aromatic heterocycles. The molecule has 0 amide bonds. The quantitative estimate of drug-likeness (QED) is 0.127. The second-order valence-corrected chi connectivity index (χ2v) is 12.6. The van der Waals surface area contributed by atoms with Gasteiger partial charge in [-0.25, -0.2) is 4.79 Å². The van der Waals surface area contributed by atoms with E-state index in [4.69, 9.17) is 25.5 Å². The molecule has 0 radical (unpaired) electrons. The third kappa shape index (κ3) is 8.07. The van der Waals surface area contributed by atoms with Crippen molar-refractivity contribution < 1.29 is 31.9 Å². The molecule has 4 aromatic rings. The molecule has 45 heavy (non-hydrogen) atoms. The van der Waals surface area contributed by atoms with E-state index in [1.165, 1.54) is 36.4 Å². The zero-order valence-corrected chi connectivity index (χ0v) is 27.2. The van der Waals surface area contributed by atoms with Crippen molar-refractivity contribution in [2.45, 2.75) is 61.2 Å². The highest BCUT2D eigenvalue weighted by atomic mass is 35.5. The van der Waals surface area contributed by atoms with Crippen LogP contribution in [0.3, 0.4) is 0 Å². The maximum atomic E-state index is 14.6. The predicted molar refractivity (Wildman–Crippen MR) is 170 cm³/mol. The molecule has 0 saturated heterocycles. The van der Waals surface area contributed by atoms with Gasteiger partial charge in [-0.1, -0.05) is 45.4 Å². The first-order valence-electron chi connectivity index (χ1n) is 14.7. The molecule has 240 valence electrons. The molecule has 0 N–H and O–H groups in total. The molecule has 4 rings (SSSR count). The van der Waals surface area contributed by atoms with Crippen LogP contribution in [-0.2, 0) is 12.7 Å². The largest absolute Gasteiger partial charge is 0.453 e. The van der Waals surface area contributed by atoms with Crippen molar-refractivity contribution in [1.29, 1.82) is 0 Å². The summed E-state index contributed by atoms with van der Waals surface area (Å²) in [5.41, 5.74) is 1.18. The Kier molecular flexibility index (Phi) is 10.3. The Bertz CT molecular complexity index is 1750. The van der Waals surface area contributed by atoms with Crippen LogP contribution < -0.4 is 14.9 Å². The summed E-state index contributed by atoms with van der Waals surface area (Å²) in [4.78, 5) is 29.0. The number of hydrogen-bond acceptors (Lipinski definition) is 6. The highest BCUT2D eigenvalue weighted by Gasteiger charge is 2.41. The van der Waals surface area contributed by atoms with Crippen molar-refractivity contribution in [2.75, 3.05) is 13.1 Å². The van der Waals surface area contributed by atoms with Crippen molar-refractivity contribution in [3.8, 4) is 17.2 Å². The van der Waals surface area contributed by atoms with Crippen LogP contribution >= 0.6 is 11.6 Å². The maximum Gasteiger partial charge on any atom is 0.453 e. The SMILES string of the molecule is Cc1cc(C)c(C)c(Oc2c(C(F)(F)F)oc3c(CN(CC(C)C)CC(C)C)c(OC(=O)c4ccc(Cl)cc4)ccc3c2=O)c1. The van der Waals surface area contributed by atoms with Crippen LogP contribution in [-0.4, -0.2) is 24.0 Å². The Morgan fingerprint density at radius 1 is 0.933 bits per heavy atom. The van der Waals surface area contributed by atoms with Crippen LogP contribution in [0.1, 0.15) is 66.1 Å². The lowest BCUT2D eigenvalue weighted by Crippen LogP contribution is -2.31. The molecule has 0 spiro atoms. The fourth-order valence-electron chi connectivity index (χ4n) is 5.23. The first-order valence-corrected chi connectivity index (χ1v) is 15.1. The van der Waals surface area contributed by atoms with Crippen molar-refractivity contribution in [2.24, 2.45) is 11.8 Å². The fourth-order valence-corrected chi connectivity index (χ4v) is 5.35. The Balaban J connectivity index is 1.96. The van der Waals surface area contributed by atoms with E-state index in [0.717, 1.165) is 11.1 Å². The molecule has 0 saturated carbocycles. The zero-order chi connectivity index (χ0) is 33.2. The van der Waals surface area contributed by atoms with Crippen molar-refractivity contribution in [1.82, 2.24) is 4.90 Å². The van der Waals surface area contributed by atoms with Crippen molar-refractivity contribution >= 4 is 28.5 Å². The van der Waals surface area contributed by atoms with Crippen LogP contribution in [0.5, 0.6) is 17.2 Å². The molecule has 0 atom stereocenters. The number of alkyl halides is 3. The number of halogens is 4. The number of hydrogen-bond donors (Lipinski definition) is 0. The molecule has 0 aliphatic heterocycles. The number of aryl methyl sites for hydroxylation is 2. The van der Waals surface area contributed by atoms with Crippen LogP contribution in [0.25, 0.3) is 11.0 Å². The van der Waals surface area contributed by atoms with Gasteiger partial charge in [-0.2, -0.15) is 13.2 Å². The topological polar surface area (TPSA) is 69.0 Å². The van der Waals surface area contributed by atoms with E-state index in [-0.39, 0.29) is 52.0 Å². The first kappa shape index (κ1) is 34.1. The lowest BCUT2D eigenvalue weighted by atomic mass is 10.0. The van der Waals surface area contributed by atoms with Gasteiger partial charge in [0.1, 0.15) is 17.1 Å². The monoisotopic (exact) mass is 643 g/mol. The Labute approximate surface area is 265 Å². The third-order valence-electron chi connectivity index (χ3n) is 7.22. The third-order valence-corrected chi connectivity index (χ3v) is 7.48. The minimum atomic E-state index is -5.07. The number of carbonyl (C=O) groups excluding carboxylic acids is 1. The summed E-state index contributed by atoms with van der Waals surface area (Å²) < 4.78 is 60.9. The first-order chi connectivity index (χ1) is 21.0. The minimum absolute atomic E-state index is 0.0185. The number of benzene rings is 3. The molecular formula is C35H37ClF3NO5. The molecule has 0 aliphatic carbocycles. The summed E-state index contributed by atoms with van der Waals surface area (Å²) in [6, 6.07) is 12.2. The average Bonchev–Trinajstić information content (AvgIpc) is 2.92. The van der Waals surface area contributed by atoms with Gasteiger partial charge in [0.05, 0.1) is 16.5 Å². The second-order valence-electron chi connectivity index (χ2n) is 12.2. The molecule has 10 heteroatoms. The number of rotatable bonds is 10. The summed E-state index contributed by atoms with van der Waals surface area (Å²) in [6.45, 7) is 14.7. The zero-order valence-electron chi connectivity index (χ0n) is 26.4. The van der Waals surface area contributed by atoms with Gasteiger partial charge >= 0.3 is 12.1 Å². The van der Waals surface area contributed by atoms with E-state index in [0.29, 0.717) is 23.7 Å². The predicted octanol–water partition coefficient (Wildman–Crippen LogP) is 9.52. The summed E-state index contributed by atoms with van der Waals surface area (Å²) in [5, 5.41) is 0.293. The van der Waals surface area contributed by atoms with Gasteiger partial charge in [-0.15, -0.1) is 0 Å². The number of carbonyl (C=O) groups is 1. The fraction of sp³-hybridized carbons (Fsp3) is 0.371. The summed E-state index contributed by atoms with van der Waals surface area (Å²) in [6.07, 6.45) is -5.07. The van der Waals surface area contributed by atoms with Crippen LogP contribution in [0.4, 0.5) is 13.2 Å². The summed E-state index contributed by atoms with van der Waals surface area (Å²) >= 11 is 5.96. The van der Waals surface area contributed by atoms with E-state index in [2.05, 4.69) is 0 Å². The lowest BCUT2D eigenvalue weighted by molar-refractivity contribution is -0.154. The van der Waals surface area contributed by atoms with Gasteiger partial charge in [-0.3, -0.25) is 9.69 Å². The van der Waals surface area contributed by atoms with E-state index >= 15 is 0 Å². The van der Waals surface area contributed by atoms with Crippen LogP contribution in [0, 0.1) is 32.6 Å². The van der Waals surface area contributed by atoms with E-state index in [1.807, 2.05) is 45.6 Å². The lowest BCUT2D eigenvalue weighted by Gasteiger charge is -2.27. The van der Waals surface area contributed by atoms with Gasteiger partial charge < -0.3 is 13.9 Å². The smallest absolute Gasteiger partial charge is 0.449 e. The molecule has 0 bridgehead atoms. The summed E-state index contributed by atoms with van der Waals surface area (Å²) in [7, 11) is 0. The minimum Gasteiger partial charge on any atom is -0.449 e. The Morgan fingerprint density at radius 3 is 2.13 bits per heavy atom. The number of nitrogens with zero attached hydrogens (tertiary/aromatic N) is 1. The normalized spacial score (nSPS) is 12.0. The van der Waals surface area contributed by atoms with Gasteiger partial charge in [0.25, 0.3) is 5.76 Å². The van der Waals surface area contributed by atoms with Gasteiger partial charge in [-0.05, 0) is 91.8 Å². The van der Waals surface area contributed by atoms with Gasteiger partial charge in [0.2, 0.25) is 11.2 Å². The van der Waals surface area contributed by atoms with Crippen molar-refractivity contribution in [3.63, 3.8) is 0 Å². The molecule has 0 unspecified atom stereocenters. The Morgan fingerprint density at radius 2 is 1.56 bits per heavy atom. The van der Waals surface area contributed by atoms with Gasteiger partial charge in [0.15, 0.2) is 0 Å². The van der Waals surface area contributed by atoms with Crippen molar-refractivity contribution in [3.05, 3.63) is 97.4 Å². The highest BCUT2D eigenvalue weighted by Crippen LogP contribution is 2.41. The Hall–Kier alpha value is -3.82. The van der Waals surface area contributed by atoms with E-state index in [9.17, 15) is 22.8 Å². The van der Waals surface area contributed by atoms with Crippen LogP contribution in [0.2, 0.25) is 5.02 Å². The number of esters is 1. The molecular weight excluding hydrogens is 607 g/mol. The highest BCUT2D eigenvalue weighted by molar-refractivity contribution is 6.30.